The number of carbonyl (C=O) groups is 2. The summed E-state index contributed by atoms with van der Waals surface area (Å²) in [6, 6.07) is 0.0822. The standard InChI is InChI=1S/C13H26N2O3/c1-7-14-9(2)8-10(16)15-13(5,6)12(3,4)11(17)18/h9,14H,7-8H2,1-6H3,(H,15,16)(H,17,18). The summed E-state index contributed by atoms with van der Waals surface area (Å²) in [6.45, 7) is 11.4. The topological polar surface area (TPSA) is 78.4 Å². The predicted octanol–water partition coefficient (Wildman–Crippen LogP) is 1.38. The molecule has 0 heterocycles. The lowest BCUT2D eigenvalue weighted by Gasteiger charge is -2.39. The fourth-order valence-corrected chi connectivity index (χ4v) is 1.52. The second-order valence-electron chi connectivity index (χ2n) is 5.77. The van der Waals surface area contributed by atoms with Gasteiger partial charge in [-0.1, -0.05) is 6.92 Å². The number of carboxylic acids is 1. The Morgan fingerprint density at radius 1 is 1.22 bits per heavy atom. The molecule has 0 aliphatic heterocycles. The maximum absolute atomic E-state index is 11.9. The molecule has 0 aromatic carbocycles. The van der Waals surface area contributed by atoms with Gasteiger partial charge in [0.2, 0.25) is 5.91 Å². The van der Waals surface area contributed by atoms with Crippen molar-refractivity contribution in [3.05, 3.63) is 0 Å². The van der Waals surface area contributed by atoms with E-state index >= 15 is 0 Å². The van der Waals surface area contributed by atoms with E-state index in [2.05, 4.69) is 10.6 Å². The van der Waals surface area contributed by atoms with Crippen LogP contribution in [0.25, 0.3) is 0 Å². The molecule has 5 nitrogen and oxygen atoms in total. The van der Waals surface area contributed by atoms with E-state index in [-0.39, 0.29) is 11.9 Å². The van der Waals surface area contributed by atoms with Crippen LogP contribution in [0.1, 0.15) is 48.0 Å². The molecule has 0 spiro atoms. The average molecular weight is 258 g/mol. The van der Waals surface area contributed by atoms with Crippen LogP contribution in [0.15, 0.2) is 0 Å². The van der Waals surface area contributed by atoms with Crippen molar-refractivity contribution in [3.63, 3.8) is 0 Å². The third kappa shape index (κ3) is 4.29. The quantitative estimate of drug-likeness (QED) is 0.644. The molecule has 5 heteroatoms. The highest BCUT2D eigenvalue weighted by Crippen LogP contribution is 2.30. The van der Waals surface area contributed by atoms with Crippen molar-refractivity contribution in [1.29, 1.82) is 0 Å². The van der Waals surface area contributed by atoms with Crippen molar-refractivity contribution in [1.82, 2.24) is 10.6 Å². The van der Waals surface area contributed by atoms with Crippen LogP contribution in [0.4, 0.5) is 0 Å². The molecule has 1 unspecified atom stereocenters. The minimum absolute atomic E-state index is 0.0822. The average Bonchev–Trinajstić information content (AvgIpc) is 2.15. The second kappa shape index (κ2) is 6.18. The maximum Gasteiger partial charge on any atom is 0.311 e. The first-order valence-corrected chi connectivity index (χ1v) is 6.32. The Bertz CT molecular complexity index is 311. The fourth-order valence-electron chi connectivity index (χ4n) is 1.52. The van der Waals surface area contributed by atoms with Crippen LogP contribution in [0, 0.1) is 5.41 Å². The molecule has 0 radical (unpaired) electrons. The minimum Gasteiger partial charge on any atom is -0.481 e. The van der Waals surface area contributed by atoms with Gasteiger partial charge in [-0.2, -0.15) is 0 Å². The minimum atomic E-state index is -1.02. The number of carboxylic acid groups (broad SMARTS) is 1. The number of carbonyl (C=O) groups excluding carboxylic acids is 1. The highest BCUT2D eigenvalue weighted by Gasteiger charge is 2.44. The molecular weight excluding hydrogens is 232 g/mol. The third-order valence-electron chi connectivity index (χ3n) is 3.59. The van der Waals surface area contributed by atoms with E-state index < -0.39 is 16.9 Å². The van der Waals surface area contributed by atoms with E-state index in [0.717, 1.165) is 6.54 Å². The Hall–Kier alpha value is -1.10. The van der Waals surface area contributed by atoms with Crippen LogP contribution in [-0.2, 0) is 9.59 Å². The highest BCUT2D eigenvalue weighted by atomic mass is 16.4. The molecule has 1 amide bonds. The van der Waals surface area contributed by atoms with E-state index in [1.807, 2.05) is 13.8 Å². The molecule has 106 valence electrons. The molecule has 18 heavy (non-hydrogen) atoms. The van der Waals surface area contributed by atoms with Crippen molar-refractivity contribution in [2.24, 2.45) is 5.41 Å². The van der Waals surface area contributed by atoms with Crippen molar-refractivity contribution in [2.75, 3.05) is 6.54 Å². The van der Waals surface area contributed by atoms with Gasteiger partial charge in [0.15, 0.2) is 0 Å². The number of rotatable bonds is 7. The first kappa shape index (κ1) is 16.9. The summed E-state index contributed by atoms with van der Waals surface area (Å²) in [4.78, 5) is 23.1. The lowest BCUT2D eigenvalue weighted by molar-refractivity contribution is -0.151. The summed E-state index contributed by atoms with van der Waals surface area (Å²) >= 11 is 0. The molecule has 0 aliphatic carbocycles. The summed E-state index contributed by atoms with van der Waals surface area (Å²) in [5.74, 6) is -1.06. The normalized spacial score (nSPS) is 14.1. The number of nitrogens with one attached hydrogen (secondary N) is 2. The van der Waals surface area contributed by atoms with E-state index in [4.69, 9.17) is 0 Å². The molecule has 1 atom stereocenters. The number of hydrogen-bond donors (Lipinski definition) is 3. The van der Waals surface area contributed by atoms with Gasteiger partial charge in [-0.25, -0.2) is 0 Å². The smallest absolute Gasteiger partial charge is 0.311 e. The summed E-state index contributed by atoms with van der Waals surface area (Å²) < 4.78 is 0. The predicted molar refractivity (Wildman–Crippen MR) is 71.4 cm³/mol. The molecular formula is C13H26N2O3. The molecule has 0 saturated heterocycles. The molecule has 0 fully saturated rings. The van der Waals surface area contributed by atoms with Gasteiger partial charge in [-0.05, 0) is 41.2 Å². The highest BCUT2D eigenvalue weighted by molar-refractivity contribution is 5.80. The van der Waals surface area contributed by atoms with Crippen molar-refractivity contribution in [2.45, 2.75) is 59.5 Å². The van der Waals surface area contributed by atoms with Gasteiger partial charge < -0.3 is 15.7 Å². The zero-order valence-electron chi connectivity index (χ0n) is 12.3. The SMILES string of the molecule is CCNC(C)CC(=O)NC(C)(C)C(C)(C)C(=O)O. The van der Waals surface area contributed by atoms with Crippen molar-refractivity contribution < 1.29 is 14.7 Å². The van der Waals surface area contributed by atoms with Gasteiger partial charge in [-0.15, -0.1) is 0 Å². The van der Waals surface area contributed by atoms with Crippen LogP contribution in [0.5, 0.6) is 0 Å². The zero-order chi connectivity index (χ0) is 14.6. The summed E-state index contributed by atoms with van der Waals surface area (Å²) in [6.07, 6.45) is 0.340. The van der Waals surface area contributed by atoms with E-state index in [0.29, 0.717) is 6.42 Å². The van der Waals surface area contributed by atoms with Crippen LogP contribution < -0.4 is 10.6 Å². The van der Waals surface area contributed by atoms with Crippen LogP contribution >= 0.6 is 0 Å². The van der Waals surface area contributed by atoms with Gasteiger partial charge >= 0.3 is 5.97 Å². The second-order valence-corrected chi connectivity index (χ2v) is 5.77. The molecule has 0 aromatic rings. The van der Waals surface area contributed by atoms with Crippen LogP contribution in [-0.4, -0.2) is 35.1 Å². The van der Waals surface area contributed by atoms with E-state index in [1.54, 1.807) is 27.7 Å². The Balaban J connectivity index is 4.59. The Morgan fingerprint density at radius 3 is 2.11 bits per heavy atom. The molecule has 0 aromatic heterocycles. The van der Waals surface area contributed by atoms with Gasteiger partial charge in [0.05, 0.1) is 5.41 Å². The van der Waals surface area contributed by atoms with Gasteiger partial charge in [0, 0.05) is 18.0 Å². The van der Waals surface area contributed by atoms with E-state index in [9.17, 15) is 14.7 Å². The fraction of sp³-hybridized carbons (Fsp3) is 0.846. The monoisotopic (exact) mass is 258 g/mol. The Labute approximate surface area is 109 Å². The first-order chi connectivity index (χ1) is 8.04. The van der Waals surface area contributed by atoms with Gasteiger partial charge in [0.25, 0.3) is 0 Å². The summed E-state index contributed by atoms with van der Waals surface area (Å²) in [5.41, 5.74) is -1.83. The van der Waals surface area contributed by atoms with Crippen LogP contribution in [0.2, 0.25) is 0 Å². The Morgan fingerprint density at radius 2 is 1.72 bits per heavy atom. The maximum atomic E-state index is 11.9. The van der Waals surface area contributed by atoms with E-state index in [1.165, 1.54) is 0 Å². The largest absolute Gasteiger partial charge is 0.481 e. The number of aliphatic carboxylic acids is 1. The van der Waals surface area contributed by atoms with Crippen LogP contribution in [0.3, 0.4) is 0 Å². The molecule has 0 rings (SSSR count). The number of amides is 1. The molecule has 3 N–H and O–H groups in total. The summed E-state index contributed by atoms with van der Waals surface area (Å²) in [5, 5.41) is 15.1. The third-order valence-corrected chi connectivity index (χ3v) is 3.59. The lowest BCUT2D eigenvalue weighted by Crippen LogP contribution is -2.57. The van der Waals surface area contributed by atoms with Crippen molar-refractivity contribution in [3.8, 4) is 0 Å². The number of hydrogen-bond acceptors (Lipinski definition) is 3. The molecule has 0 aliphatic rings. The van der Waals surface area contributed by atoms with Gasteiger partial charge in [-0.3, -0.25) is 9.59 Å². The molecule has 0 bridgehead atoms. The summed E-state index contributed by atoms with van der Waals surface area (Å²) in [7, 11) is 0. The first-order valence-electron chi connectivity index (χ1n) is 6.32. The van der Waals surface area contributed by atoms with Gasteiger partial charge in [0.1, 0.15) is 0 Å². The molecule has 0 saturated carbocycles. The Kier molecular flexibility index (Phi) is 5.80. The lowest BCUT2D eigenvalue weighted by atomic mass is 9.74. The zero-order valence-corrected chi connectivity index (χ0v) is 12.3. The van der Waals surface area contributed by atoms with Crippen molar-refractivity contribution >= 4 is 11.9 Å².